The van der Waals surface area contributed by atoms with Crippen molar-refractivity contribution in [1.29, 1.82) is 0 Å². The zero-order chi connectivity index (χ0) is 101. The molecule has 2 aliphatic rings. The third-order valence-electron chi connectivity index (χ3n) is 24.9. The topological polar surface area (TPSA) is 47.1 Å². The molecule has 8 heteroatoms. The molecule has 0 atom stereocenters. The quantitative estimate of drug-likeness (QED) is 0.0903. The Labute approximate surface area is 758 Å². The predicted octanol–water partition coefficient (Wildman–Crippen LogP) is 29.1. The van der Waals surface area contributed by atoms with Gasteiger partial charge in [-0.1, -0.05) is 336 Å². The summed E-state index contributed by atoms with van der Waals surface area (Å²) in [6.07, 6.45) is 0. The lowest BCUT2D eigenvalue weighted by molar-refractivity contribution is 0.591. The number of hydrogen-bond donors (Lipinski definition) is 0. The van der Waals surface area contributed by atoms with E-state index in [1.807, 2.05) is 194 Å². The molecule has 7 nitrogen and oxygen atoms in total. The fourth-order valence-electron chi connectivity index (χ4n) is 19.1. The van der Waals surface area contributed by atoms with E-state index in [9.17, 15) is 27.4 Å². The predicted molar refractivity (Wildman–Crippen MR) is 531 cm³/mol. The molecule has 0 aliphatic carbocycles. The molecule has 19 aromatic carbocycles. The molecule has 0 saturated heterocycles. The Hall–Kier alpha value is -16.2. The minimum atomic E-state index is -1.83. The molecule has 126 heavy (non-hydrogen) atoms. The van der Waals surface area contributed by atoms with E-state index in [4.69, 9.17) is 9.97 Å². The summed E-state index contributed by atoms with van der Waals surface area (Å²) in [4.78, 5) is 15.8. The zero-order valence-electron chi connectivity index (χ0n) is 88.2. The van der Waals surface area contributed by atoms with Gasteiger partial charge in [-0.05, 0) is 203 Å². The van der Waals surface area contributed by atoms with Crippen LogP contribution in [0.1, 0.15) is 53.7 Å². The van der Waals surface area contributed by atoms with Gasteiger partial charge in [0.15, 0.2) is 5.82 Å². The second-order valence-electron chi connectivity index (χ2n) is 33.1. The number of hydrogen-bond acceptors (Lipinski definition) is 4. The molecule has 590 valence electrons. The maximum Gasteiger partial charge on any atom is 0.256 e. The SMILES string of the molecule is [2H]c1c([2H])c(-n2c3c([2H])c([2H])c([2H])c([2H])c3c3c([2H])c(-c4ccccc4)c([2H])c([2H])c32)c([2H])c2c1B1c3c(nc(-c4ccc(-n5c6ccccc6c6ccccc65)cc4)nc3N(c3c(-c4ccccc4)cccc3-c3cc4ccccc4c4ccccc34)c3c([2H])c(-n4c5c([2H])c([2H])c([2H])c([2H])c5c5c([2H])c(-c6ccccc6)c([2H])c([2H])c54)c([2H])c([2H])c31)N2c1c(-c2ccccc2)cc(C(C)(C)C)cc1-c1ccccc1. The third-order valence-corrected chi connectivity index (χ3v) is 24.9. The molecule has 23 aromatic rings. The summed E-state index contributed by atoms with van der Waals surface area (Å²) in [5, 5.41) is 4.40. The lowest BCUT2D eigenvalue weighted by Gasteiger charge is -2.44. The Morgan fingerprint density at radius 3 is 1.19 bits per heavy atom. The number of nitrogens with zero attached hydrogens (tertiary/aromatic N) is 7. The maximum atomic E-state index is 12.2. The van der Waals surface area contributed by atoms with E-state index in [2.05, 4.69) is 79.9 Å². The van der Waals surface area contributed by atoms with E-state index in [0.717, 1.165) is 63.7 Å². The average Bonchev–Trinajstić information content (AvgIpc) is 0.972. The first kappa shape index (κ1) is 55.0. The van der Waals surface area contributed by atoms with Crippen molar-refractivity contribution in [3.63, 3.8) is 0 Å². The monoisotopic (exact) mass is 1630 g/mol. The van der Waals surface area contributed by atoms with Gasteiger partial charge in [0.25, 0.3) is 6.71 Å². The Kier molecular flexibility index (Phi) is 12.5. The van der Waals surface area contributed by atoms with Gasteiger partial charge in [-0.2, -0.15) is 0 Å². The van der Waals surface area contributed by atoms with E-state index < -0.39 is 155 Å². The summed E-state index contributed by atoms with van der Waals surface area (Å²) in [6.45, 7) is 4.47. The van der Waals surface area contributed by atoms with Crippen molar-refractivity contribution in [2.75, 3.05) is 9.80 Å². The highest BCUT2D eigenvalue weighted by molar-refractivity contribution is 7.00. The van der Waals surface area contributed by atoms with Gasteiger partial charge < -0.3 is 13.7 Å². The number of fused-ring (bicyclic) bond motifs is 16. The van der Waals surface area contributed by atoms with E-state index >= 15 is 0 Å². The molecule has 6 heterocycles. The molecule has 0 spiro atoms. The smallest absolute Gasteiger partial charge is 0.256 e. The lowest BCUT2D eigenvalue weighted by atomic mass is 9.34. The van der Waals surface area contributed by atoms with Crippen LogP contribution in [-0.4, -0.2) is 30.4 Å². The van der Waals surface area contributed by atoms with Crippen molar-refractivity contribution in [3.8, 4) is 95.2 Å². The van der Waals surface area contributed by atoms with Crippen molar-refractivity contribution in [1.82, 2.24) is 23.7 Å². The molecular weight excluding hydrogens is 1530 g/mol. The van der Waals surface area contributed by atoms with Crippen LogP contribution in [0, 0.1) is 0 Å². The molecule has 25 rings (SSSR count). The molecule has 0 saturated carbocycles. The molecule has 0 radical (unpaired) electrons. The van der Waals surface area contributed by atoms with Gasteiger partial charge in [-0.3, -0.25) is 9.80 Å². The Morgan fingerprint density at radius 1 is 0.270 bits per heavy atom. The van der Waals surface area contributed by atoms with Crippen LogP contribution >= 0.6 is 0 Å². The van der Waals surface area contributed by atoms with E-state index in [1.54, 1.807) is 70.5 Å². The zero-order valence-corrected chi connectivity index (χ0v) is 68.2. The number of aromatic nitrogens is 5. The molecule has 0 unspecified atom stereocenters. The van der Waals surface area contributed by atoms with Crippen LogP contribution in [0.5, 0.6) is 0 Å². The standard InChI is InChI=1S/C118H80BN7/c1-118(2,3)84-71-97(78-38-15-7-16-39-78)114(98(72-84)79-40-17-8-18-41-79)126-111-74-87(124-107-55-30-26-49-95(107)101-69-82(59-67-109(101)124)76-34-11-5-12-35-76)63-65-103(111)119-102-64-62-86(123-106-54-29-25-48-94(106)100-68-81(58-66-108(100)123)75-32-9-4-10-33-75)73-110(102)125(113-89(77-36-13-6-14-37-77)50-31-51-96(113)99-70-83-42-19-20-43-88(83)90-44-21-22-45-91(90)99)116-112(119)117(126)121-115(120-116)80-56-60-85(61-57-80)122-104-52-27-23-46-92(104)93-47-24-28-53-105(93)122/h4-74H,1-3H3/i25D,26D,29D,30D,48D,49D,54D,55D,58D,59D,62D,63D,64D,65D,66D,67D,68D,69D,73D,74D. The Balaban J connectivity index is 0.924. The number of benzene rings is 19. The van der Waals surface area contributed by atoms with Gasteiger partial charge in [-0.15, -0.1) is 0 Å². The second kappa shape index (κ2) is 28.7. The average molecular weight is 1630 g/mol. The van der Waals surface area contributed by atoms with Gasteiger partial charge in [-0.25, -0.2) is 9.97 Å². The largest absolute Gasteiger partial charge is 0.309 e. The van der Waals surface area contributed by atoms with Crippen molar-refractivity contribution >= 4 is 144 Å². The van der Waals surface area contributed by atoms with Crippen LogP contribution in [0.4, 0.5) is 34.4 Å². The summed E-state index contributed by atoms with van der Waals surface area (Å²) in [5.41, 5.74) is 5.43. The molecule has 2 aliphatic heterocycles. The fraction of sp³-hybridized carbons (Fsp3) is 0.0339. The van der Waals surface area contributed by atoms with E-state index in [-0.39, 0.29) is 88.9 Å². The molecular formula is C118H80BN7. The highest BCUT2D eigenvalue weighted by atomic mass is 15.3. The Morgan fingerprint density at radius 2 is 0.683 bits per heavy atom. The lowest BCUT2D eigenvalue weighted by Crippen LogP contribution is -2.62. The van der Waals surface area contributed by atoms with Gasteiger partial charge in [0.1, 0.15) is 11.6 Å². The molecule has 4 aromatic heterocycles. The number of rotatable bonds is 12. The third kappa shape index (κ3) is 11.5. The van der Waals surface area contributed by atoms with Crippen LogP contribution in [0.25, 0.3) is 182 Å². The van der Waals surface area contributed by atoms with Gasteiger partial charge >= 0.3 is 0 Å². The van der Waals surface area contributed by atoms with Crippen LogP contribution in [-0.2, 0) is 5.41 Å². The van der Waals surface area contributed by atoms with E-state index in [1.165, 1.54) is 0 Å². The van der Waals surface area contributed by atoms with Crippen LogP contribution in [0.3, 0.4) is 0 Å². The van der Waals surface area contributed by atoms with Crippen molar-refractivity contribution < 1.29 is 27.4 Å². The summed E-state index contributed by atoms with van der Waals surface area (Å²) in [6, 6.07) is 85.0. The summed E-state index contributed by atoms with van der Waals surface area (Å²) in [5.74, 6) is -0.0762. The van der Waals surface area contributed by atoms with Crippen molar-refractivity contribution in [2.45, 2.75) is 26.2 Å². The minimum Gasteiger partial charge on any atom is -0.309 e. The molecule has 0 N–H and O–H groups in total. The first-order valence-corrected chi connectivity index (χ1v) is 42.0. The molecule has 0 bridgehead atoms. The van der Waals surface area contributed by atoms with Crippen LogP contribution in [0.2, 0.25) is 0 Å². The van der Waals surface area contributed by atoms with Crippen molar-refractivity contribution in [2.24, 2.45) is 0 Å². The van der Waals surface area contributed by atoms with E-state index in [0.29, 0.717) is 72.6 Å². The first-order valence-electron chi connectivity index (χ1n) is 52.0. The van der Waals surface area contributed by atoms with Crippen LogP contribution < -0.4 is 26.2 Å². The normalized spacial score (nSPS) is 14.7. The van der Waals surface area contributed by atoms with Crippen LogP contribution in [0.15, 0.2) is 430 Å². The van der Waals surface area contributed by atoms with Gasteiger partial charge in [0.05, 0.1) is 71.9 Å². The molecule has 0 fully saturated rings. The summed E-state index contributed by atoms with van der Waals surface area (Å²) >= 11 is 0. The second-order valence-corrected chi connectivity index (χ2v) is 33.1. The molecule has 0 amide bonds. The van der Waals surface area contributed by atoms with Crippen molar-refractivity contribution in [3.05, 3.63) is 436 Å². The first-order chi connectivity index (χ1) is 70.5. The fourth-order valence-corrected chi connectivity index (χ4v) is 19.1. The Bertz CT molecular complexity index is 9570. The number of para-hydroxylation sites is 5. The maximum absolute atomic E-state index is 12.2. The minimum absolute atomic E-state index is 0.00310. The highest BCUT2D eigenvalue weighted by Gasteiger charge is 2.48. The van der Waals surface area contributed by atoms with Gasteiger partial charge in [0, 0.05) is 94.0 Å². The highest BCUT2D eigenvalue weighted by Crippen LogP contribution is 2.55. The van der Waals surface area contributed by atoms with Gasteiger partial charge in [0.2, 0.25) is 0 Å². The summed E-state index contributed by atoms with van der Waals surface area (Å²) < 4.78 is 217. The summed E-state index contributed by atoms with van der Waals surface area (Å²) in [7, 11) is 0. The number of anilines is 6.